The molecule has 1 fully saturated rings. The van der Waals surface area contributed by atoms with E-state index in [1.54, 1.807) is 0 Å². The lowest BCUT2D eigenvalue weighted by atomic mass is 9.86. The Kier molecular flexibility index (Phi) is 5.81. The summed E-state index contributed by atoms with van der Waals surface area (Å²) in [6.45, 7) is 9.12. The standard InChI is InChI=1S/C23H31NO2/c1-17(19-12-8-6-9-13-19)24(5)22(20-14-10-7-11-15-20)21-16-25-23(3,4)26-18(21)2/h6-15,17-18,21-22H,16H2,1-5H3/t17-,18-,21-,22-/m1/s1. The van der Waals surface area contributed by atoms with Crippen molar-refractivity contribution in [1.29, 1.82) is 0 Å². The Labute approximate surface area is 157 Å². The first-order valence-corrected chi connectivity index (χ1v) is 9.52. The summed E-state index contributed by atoms with van der Waals surface area (Å²) in [5.74, 6) is -0.248. The molecule has 0 unspecified atom stereocenters. The van der Waals surface area contributed by atoms with Gasteiger partial charge in [-0.25, -0.2) is 0 Å². The normalized spacial score (nSPS) is 25.0. The van der Waals surface area contributed by atoms with Gasteiger partial charge in [0.1, 0.15) is 0 Å². The van der Waals surface area contributed by atoms with Gasteiger partial charge in [-0.1, -0.05) is 60.7 Å². The van der Waals surface area contributed by atoms with E-state index in [0.29, 0.717) is 12.6 Å². The second-order valence-corrected chi connectivity index (χ2v) is 7.81. The zero-order valence-corrected chi connectivity index (χ0v) is 16.6. The fraction of sp³-hybridized carbons (Fsp3) is 0.478. The monoisotopic (exact) mass is 353 g/mol. The van der Waals surface area contributed by atoms with Crippen molar-refractivity contribution in [2.24, 2.45) is 5.92 Å². The van der Waals surface area contributed by atoms with Crippen molar-refractivity contribution < 1.29 is 9.47 Å². The number of hydrogen-bond donors (Lipinski definition) is 0. The number of hydrogen-bond acceptors (Lipinski definition) is 3. The molecule has 3 nitrogen and oxygen atoms in total. The highest BCUT2D eigenvalue weighted by Crippen LogP contribution is 2.40. The summed E-state index contributed by atoms with van der Waals surface area (Å²) >= 11 is 0. The van der Waals surface area contributed by atoms with Crippen LogP contribution < -0.4 is 0 Å². The molecule has 1 heterocycles. The zero-order valence-electron chi connectivity index (χ0n) is 16.6. The predicted octanol–water partition coefficient (Wildman–Crippen LogP) is 5.21. The molecule has 26 heavy (non-hydrogen) atoms. The number of benzene rings is 2. The van der Waals surface area contributed by atoms with E-state index >= 15 is 0 Å². The van der Waals surface area contributed by atoms with Crippen LogP contribution in [0.15, 0.2) is 60.7 Å². The van der Waals surface area contributed by atoms with Crippen LogP contribution in [-0.4, -0.2) is 30.4 Å². The third-order valence-corrected chi connectivity index (χ3v) is 5.57. The van der Waals surface area contributed by atoms with Crippen LogP contribution in [0.3, 0.4) is 0 Å². The maximum absolute atomic E-state index is 6.18. The van der Waals surface area contributed by atoms with E-state index < -0.39 is 5.79 Å². The molecular formula is C23H31NO2. The Hall–Kier alpha value is -1.68. The topological polar surface area (TPSA) is 21.7 Å². The lowest BCUT2D eigenvalue weighted by Crippen LogP contribution is -2.49. The smallest absolute Gasteiger partial charge is 0.163 e. The maximum atomic E-state index is 6.18. The van der Waals surface area contributed by atoms with Gasteiger partial charge in [-0.2, -0.15) is 0 Å². The zero-order chi connectivity index (χ0) is 18.7. The highest BCUT2D eigenvalue weighted by Gasteiger charge is 2.41. The number of nitrogens with zero attached hydrogens (tertiary/aromatic N) is 1. The summed E-state index contributed by atoms with van der Waals surface area (Å²) in [4.78, 5) is 2.46. The molecule has 4 atom stereocenters. The fourth-order valence-corrected chi connectivity index (χ4v) is 3.99. The summed E-state index contributed by atoms with van der Waals surface area (Å²) in [6, 6.07) is 21.9. The minimum absolute atomic E-state index is 0.120. The van der Waals surface area contributed by atoms with E-state index in [1.807, 2.05) is 13.8 Å². The summed E-state index contributed by atoms with van der Waals surface area (Å²) in [5, 5.41) is 0. The quantitative estimate of drug-likeness (QED) is 0.737. The average Bonchev–Trinajstić information content (AvgIpc) is 2.64. The molecule has 2 aromatic rings. The molecule has 0 amide bonds. The van der Waals surface area contributed by atoms with Crippen LogP contribution in [0.2, 0.25) is 0 Å². The van der Waals surface area contributed by atoms with Gasteiger partial charge in [0, 0.05) is 18.0 Å². The molecule has 0 bridgehead atoms. The first-order valence-electron chi connectivity index (χ1n) is 9.52. The lowest BCUT2D eigenvalue weighted by Gasteiger charge is -2.46. The molecule has 140 valence electrons. The SMILES string of the molecule is C[C@H](c1ccccc1)N(C)[C@H](c1ccccc1)[C@@H]1COC(C)(C)O[C@@H]1C. The molecule has 1 aliphatic heterocycles. The van der Waals surface area contributed by atoms with Gasteiger partial charge < -0.3 is 9.47 Å². The summed E-state index contributed by atoms with van der Waals surface area (Å²) < 4.78 is 12.2. The van der Waals surface area contributed by atoms with E-state index in [1.165, 1.54) is 11.1 Å². The fourth-order valence-electron chi connectivity index (χ4n) is 3.99. The Bertz CT molecular complexity index is 686. The molecule has 0 aromatic heterocycles. The lowest BCUT2D eigenvalue weighted by molar-refractivity contribution is -0.296. The van der Waals surface area contributed by atoms with Gasteiger partial charge in [0.15, 0.2) is 5.79 Å². The molecule has 3 heteroatoms. The van der Waals surface area contributed by atoms with Crippen molar-refractivity contribution in [3.05, 3.63) is 71.8 Å². The van der Waals surface area contributed by atoms with E-state index in [0.717, 1.165) is 0 Å². The van der Waals surface area contributed by atoms with Crippen LogP contribution >= 0.6 is 0 Å². The van der Waals surface area contributed by atoms with Crippen molar-refractivity contribution in [2.75, 3.05) is 13.7 Å². The Morgan fingerprint density at radius 1 is 0.962 bits per heavy atom. The van der Waals surface area contributed by atoms with Crippen LogP contribution in [0.25, 0.3) is 0 Å². The number of rotatable bonds is 5. The van der Waals surface area contributed by atoms with Gasteiger partial charge in [0.05, 0.1) is 12.7 Å². The molecule has 3 rings (SSSR count). The summed E-state index contributed by atoms with van der Waals surface area (Å²) in [5.41, 5.74) is 2.63. The van der Waals surface area contributed by atoms with Gasteiger partial charge in [0.2, 0.25) is 0 Å². The molecule has 0 spiro atoms. The van der Waals surface area contributed by atoms with Crippen LogP contribution in [0.4, 0.5) is 0 Å². The summed E-state index contributed by atoms with van der Waals surface area (Å²) in [6.07, 6.45) is 0.120. The largest absolute Gasteiger partial charge is 0.350 e. The van der Waals surface area contributed by atoms with E-state index in [-0.39, 0.29) is 18.1 Å². The van der Waals surface area contributed by atoms with Crippen molar-refractivity contribution in [3.8, 4) is 0 Å². The van der Waals surface area contributed by atoms with Crippen LogP contribution in [0.1, 0.15) is 50.9 Å². The van der Waals surface area contributed by atoms with Gasteiger partial charge >= 0.3 is 0 Å². The Morgan fingerprint density at radius 3 is 2.04 bits per heavy atom. The molecule has 0 aliphatic carbocycles. The molecule has 1 saturated heterocycles. The molecule has 0 saturated carbocycles. The average molecular weight is 354 g/mol. The van der Waals surface area contributed by atoms with Gasteiger partial charge in [-0.15, -0.1) is 0 Å². The van der Waals surface area contributed by atoms with E-state index in [9.17, 15) is 0 Å². The Morgan fingerprint density at radius 2 is 1.50 bits per heavy atom. The van der Waals surface area contributed by atoms with Gasteiger partial charge in [-0.05, 0) is 45.9 Å². The Balaban J connectivity index is 1.91. The predicted molar refractivity (Wildman–Crippen MR) is 106 cm³/mol. The van der Waals surface area contributed by atoms with Crippen LogP contribution in [-0.2, 0) is 9.47 Å². The minimum Gasteiger partial charge on any atom is -0.350 e. The van der Waals surface area contributed by atoms with Crippen molar-refractivity contribution >= 4 is 0 Å². The van der Waals surface area contributed by atoms with Gasteiger partial charge in [0.25, 0.3) is 0 Å². The molecule has 2 aromatic carbocycles. The van der Waals surface area contributed by atoms with Crippen LogP contribution in [0.5, 0.6) is 0 Å². The van der Waals surface area contributed by atoms with Crippen molar-refractivity contribution in [3.63, 3.8) is 0 Å². The first kappa shape index (κ1) is 19.1. The molecule has 0 N–H and O–H groups in total. The van der Waals surface area contributed by atoms with Gasteiger partial charge in [-0.3, -0.25) is 4.90 Å². The third-order valence-electron chi connectivity index (χ3n) is 5.57. The molecule has 0 radical (unpaired) electrons. The highest BCUT2D eigenvalue weighted by atomic mass is 16.7. The maximum Gasteiger partial charge on any atom is 0.163 e. The minimum atomic E-state index is -0.513. The molecular weight excluding hydrogens is 322 g/mol. The second-order valence-electron chi connectivity index (χ2n) is 7.81. The molecule has 1 aliphatic rings. The summed E-state index contributed by atoms with van der Waals surface area (Å²) in [7, 11) is 2.21. The third kappa shape index (κ3) is 4.17. The van der Waals surface area contributed by atoms with Crippen LogP contribution in [0, 0.1) is 5.92 Å². The first-order chi connectivity index (χ1) is 12.4. The number of ether oxygens (including phenoxy) is 2. The highest BCUT2D eigenvalue weighted by molar-refractivity contribution is 5.23. The van der Waals surface area contributed by atoms with Crippen molar-refractivity contribution in [2.45, 2.75) is 51.7 Å². The van der Waals surface area contributed by atoms with E-state index in [4.69, 9.17) is 9.47 Å². The van der Waals surface area contributed by atoms with E-state index in [2.05, 4.69) is 86.5 Å². The second kappa shape index (κ2) is 7.91. The van der Waals surface area contributed by atoms with Crippen molar-refractivity contribution in [1.82, 2.24) is 4.90 Å².